The molecule has 0 N–H and O–H groups in total. The van der Waals surface area contributed by atoms with Gasteiger partial charge >= 0.3 is 0 Å². The van der Waals surface area contributed by atoms with Crippen molar-refractivity contribution in [3.8, 4) is 28.3 Å². The van der Waals surface area contributed by atoms with Crippen LogP contribution in [-0.4, -0.2) is 4.98 Å². The molecule has 0 radical (unpaired) electrons. The molecule has 1 aliphatic rings. The fraction of sp³-hybridized carbons (Fsp3) is 0.0612. The third-order valence-corrected chi connectivity index (χ3v) is 11.1. The number of nitriles is 1. The highest BCUT2D eigenvalue weighted by Crippen LogP contribution is 2.51. The maximum Gasteiger partial charge on any atom is 0.0991 e. The van der Waals surface area contributed by atoms with Crippen LogP contribution in [0.1, 0.15) is 30.5 Å². The van der Waals surface area contributed by atoms with Crippen molar-refractivity contribution in [2.24, 2.45) is 0 Å². The van der Waals surface area contributed by atoms with Gasteiger partial charge in [0.25, 0.3) is 0 Å². The number of hydrogen-bond acceptors (Lipinski definition) is 3. The molecule has 0 fully saturated rings. The van der Waals surface area contributed by atoms with E-state index in [0.29, 0.717) is 5.56 Å². The van der Waals surface area contributed by atoms with Gasteiger partial charge in [0.1, 0.15) is 0 Å². The molecule has 3 nitrogen and oxygen atoms in total. The number of nitrogens with zero attached hydrogens (tertiary/aromatic N) is 3. The van der Waals surface area contributed by atoms with Crippen molar-refractivity contribution in [3.05, 3.63) is 181 Å². The number of anilines is 3. The minimum Gasteiger partial charge on any atom is -0.310 e. The number of rotatable bonds is 5. The molecule has 0 bridgehead atoms. The molecule has 0 amide bonds. The summed E-state index contributed by atoms with van der Waals surface area (Å²) in [6, 6.07) is 58.6. The van der Waals surface area contributed by atoms with Crippen LogP contribution < -0.4 is 4.90 Å². The van der Waals surface area contributed by atoms with Crippen LogP contribution in [0.3, 0.4) is 0 Å². The summed E-state index contributed by atoms with van der Waals surface area (Å²) < 4.78 is 0. The Bertz CT molecular complexity index is 2930. The summed E-state index contributed by atoms with van der Waals surface area (Å²) in [6.45, 7) is 4.72. The van der Waals surface area contributed by atoms with Gasteiger partial charge in [-0.1, -0.05) is 111 Å². The van der Waals surface area contributed by atoms with Gasteiger partial charge < -0.3 is 4.90 Å². The second kappa shape index (κ2) is 11.4. The van der Waals surface area contributed by atoms with E-state index >= 15 is 0 Å². The largest absolute Gasteiger partial charge is 0.310 e. The van der Waals surface area contributed by atoms with Crippen LogP contribution in [0.25, 0.3) is 65.5 Å². The normalized spacial score (nSPS) is 12.9. The fourth-order valence-electron chi connectivity index (χ4n) is 8.53. The SMILES string of the molecule is CC1(C)c2cccc3ccc4cc(-c5ccc(N(c6ccc(C#N)cc6)c6ccc(-c7cccc8cccnc78)cc6)c6ccccc56)cc1c4c23. The van der Waals surface area contributed by atoms with E-state index in [4.69, 9.17) is 4.98 Å². The Morgan fingerprint density at radius 2 is 1.23 bits per heavy atom. The van der Waals surface area contributed by atoms with E-state index in [-0.39, 0.29) is 5.41 Å². The zero-order valence-corrected chi connectivity index (χ0v) is 28.9. The van der Waals surface area contributed by atoms with Gasteiger partial charge in [0, 0.05) is 39.3 Å². The van der Waals surface area contributed by atoms with Crippen LogP contribution in [0.2, 0.25) is 0 Å². The Balaban J connectivity index is 1.14. The minimum absolute atomic E-state index is 0.0894. The van der Waals surface area contributed by atoms with Gasteiger partial charge in [0.15, 0.2) is 0 Å². The standard InChI is InChI=1S/C49H33N3/c1-49(2)43-14-6-8-33-17-18-35-28-36(29-44(49)47(35)46(33)43)39-25-26-45(42-12-4-3-11-41(39)42)52(37-21-15-31(30-50)16-22-37)38-23-19-32(20-24-38)40-13-5-9-34-10-7-27-51-48(34)40/h3-29H,1-2H3. The van der Waals surface area contributed by atoms with E-state index in [2.05, 4.69) is 152 Å². The van der Waals surface area contributed by atoms with E-state index in [1.807, 2.05) is 36.5 Å². The molecule has 0 atom stereocenters. The lowest BCUT2D eigenvalue weighted by molar-refractivity contribution is 0.663. The number of benzene rings is 8. The summed E-state index contributed by atoms with van der Waals surface area (Å²) in [5.74, 6) is 0. The predicted molar refractivity (Wildman–Crippen MR) is 217 cm³/mol. The zero-order chi connectivity index (χ0) is 35.0. The summed E-state index contributed by atoms with van der Waals surface area (Å²) in [5, 5.41) is 18.4. The van der Waals surface area contributed by atoms with Gasteiger partial charge in [0.2, 0.25) is 0 Å². The molecule has 3 heteroatoms. The van der Waals surface area contributed by atoms with Crippen molar-refractivity contribution in [2.75, 3.05) is 4.90 Å². The first-order chi connectivity index (χ1) is 25.5. The summed E-state index contributed by atoms with van der Waals surface area (Å²) in [5.41, 5.74) is 12.1. The first kappa shape index (κ1) is 30.1. The van der Waals surface area contributed by atoms with Crippen molar-refractivity contribution < 1.29 is 0 Å². The molecule has 1 aliphatic carbocycles. The highest BCUT2D eigenvalue weighted by Gasteiger charge is 2.34. The molecule has 0 spiro atoms. The summed E-state index contributed by atoms with van der Waals surface area (Å²) >= 11 is 0. The van der Waals surface area contributed by atoms with Crippen LogP contribution >= 0.6 is 0 Å². The van der Waals surface area contributed by atoms with Gasteiger partial charge in [0.05, 0.1) is 22.8 Å². The molecular formula is C49H33N3. The smallest absolute Gasteiger partial charge is 0.0991 e. The predicted octanol–water partition coefficient (Wildman–Crippen LogP) is 13.0. The topological polar surface area (TPSA) is 39.9 Å². The molecule has 0 unspecified atom stereocenters. The molecule has 1 aromatic heterocycles. The Morgan fingerprint density at radius 1 is 0.538 bits per heavy atom. The first-order valence-electron chi connectivity index (χ1n) is 17.8. The van der Waals surface area contributed by atoms with Gasteiger partial charge in [-0.2, -0.15) is 5.26 Å². The van der Waals surface area contributed by atoms with Crippen molar-refractivity contribution in [3.63, 3.8) is 0 Å². The number of hydrogen-bond donors (Lipinski definition) is 0. The molecule has 8 aromatic carbocycles. The zero-order valence-electron chi connectivity index (χ0n) is 28.9. The summed E-state index contributed by atoms with van der Waals surface area (Å²) in [6.07, 6.45) is 1.85. The fourth-order valence-corrected chi connectivity index (χ4v) is 8.53. The van der Waals surface area contributed by atoms with E-state index in [9.17, 15) is 5.26 Å². The third kappa shape index (κ3) is 4.48. The summed E-state index contributed by atoms with van der Waals surface area (Å²) in [4.78, 5) is 7.00. The van der Waals surface area contributed by atoms with E-state index in [1.165, 1.54) is 49.2 Å². The molecule has 1 heterocycles. The number of fused-ring (bicyclic) bond motifs is 2. The highest BCUT2D eigenvalue weighted by molar-refractivity contribution is 6.16. The monoisotopic (exact) mass is 663 g/mol. The van der Waals surface area contributed by atoms with Crippen molar-refractivity contribution >= 4 is 60.3 Å². The Morgan fingerprint density at radius 3 is 2.04 bits per heavy atom. The van der Waals surface area contributed by atoms with Crippen LogP contribution in [0.4, 0.5) is 17.1 Å². The molecule has 52 heavy (non-hydrogen) atoms. The van der Waals surface area contributed by atoms with Crippen molar-refractivity contribution in [1.82, 2.24) is 4.98 Å². The van der Waals surface area contributed by atoms with Crippen LogP contribution in [0.5, 0.6) is 0 Å². The number of pyridine rings is 1. The molecular weight excluding hydrogens is 631 g/mol. The quantitative estimate of drug-likeness (QED) is 0.172. The van der Waals surface area contributed by atoms with Crippen LogP contribution in [-0.2, 0) is 5.41 Å². The third-order valence-electron chi connectivity index (χ3n) is 11.1. The summed E-state index contributed by atoms with van der Waals surface area (Å²) in [7, 11) is 0. The average Bonchev–Trinajstić information content (AvgIpc) is 3.44. The second-order valence-electron chi connectivity index (χ2n) is 14.3. The molecule has 10 rings (SSSR count). The van der Waals surface area contributed by atoms with E-state index in [0.717, 1.165) is 44.5 Å². The number of aromatic nitrogens is 1. The second-order valence-corrected chi connectivity index (χ2v) is 14.3. The Labute approximate surface area is 302 Å². The van der Waals surface area contributed by atoms with Gasteiger partial charge in [-0.15, -0.1) is 0 Å². The van der Waals surface area contributed by atoms with Gasteiger partial charge in [-0.05, 0) is 115 Å². The minimum atomic E-state index is -0.0894. The van der Waals surface area contributed by atoms with E-state index < -0.39 is 0 Å². The number of para-hydroxylation sites is 1. The molecule has 0 saturated heterocycles. The van der Waals surface area contributed by atoms with Gasteiger partial charge in [-0.25, -0.2) is 0 Å². The van der Waals surface area contributed by atoms with Gasteiger partial charge in [-0.3, -0.25) is 4.98 Å². The van der Waals surface area contributed by atoms with Crippen molar-refractivity contribution in [2.45, 2.75) is 19.3 Å². The molecule has 0 aliphatic heterocycles. The lowest BCUT2D eigenvalue weighted by Crippen LogP contribution is -2.15. The van der Waals surface area contributed by atoms with Crippen molar-refractivity contribution in [1.29, 1.82) is 5.26 Å². The molecule has 244 valence electrons. The lowest BCUT2D eigenvalue weighted by atomic mass is 9.80. The van der Waals surface area contributed by atoms with Crippen LogP contribution in [0.15, 0.2) is 164 Å². The Hall–Kier alpha value is -6.76. The maximum atomic E-state index is 9.60. The lowest BCUT2D eigenvalue weighted by Gasteiger charge is -2.28. The average molecular weight is 664 g/mol. The Kier molecular flexibility index (Phi) is 6.59. The molecule has 9 aromatic rings. The van der Waals surface area contributed by atoms with Crippen LogP contribution in [0, 0.1) is 11.3 Å². The van der Waals surface area contributed by atoms with E-state index in [1.54, 1.807) is 0 Å². The molecule has 0 saturated carbocycles. The maximum absolute atomic E-state index is 9.60. The first-order valence-corrected chi connectivity index (χ1v) is 17.8. The highest BCUT2D eigenvalue weighted by atomic mass is 15.1.